The van der Waals surface area contributed by atoms with Crippen LogP contribution in [-0.4, -0.2) is 35.3 Å². The standard InChI is InChI=1S/C16H19NO5/c18-14-9-8-13(17-14)16(20)21-10-4-7-15(19)22-11-12-5-2-1-3-6-12/h1-3,5-6,13H,4,7-11H2,(H,17,18)/p+1/t13-/m0/s1. The number of benzene rings is 1. The summed E-state index contributed by atoms with van der Waals surface area (Å²) in [6.07, 6.45) is 1.61. The van der Waals surface area contributed by atoms with Crippen LogP contribution in [0.4, 0.5) is 0 Å². The molecule has 0 aliphatic carbocycles. The lowest BCUT2D eigenvalue weighted by atomic mass is 10.2. The van der Waals surface area contributed by atoms with Crippen molar-refractivity contribution in [3.05, 3.63) is 35.9 Å². The van der Waals surface area contributed by atoms with E-state index in [0.29, 0.717) is 32.3 Å². The molecule has 1 aliphatic heterocycles. The van der Waals surface area contributed by atoms with Gasteiger partial charge in [0.1, 0.15) is 12.5 Å². The van der Waals surface area contributed by atoms with Gasteiger partial charge in [-0.2, -0.15) is 0 Å². The number of ether oxygens (including phenoxy) is 2. The van der Waals surface area contributed by atoms with E-state index in [1.807, 2.05) is 30.3 Å². The lowest BCUT2D eigenvalue weighted by Crippen LogP contribution is -2.34. The zero-order valence-electron chi connectivity index (χ0n) is 12.3. The fourth-order valence-electron chi connectivity index (χ4n) is 2.10. The number of carbonyl (C=O) groups is 2. The lowest BCUT2D eigenvalue weighted by molar-refractivity contribution is -0.146. The van der Waals surface area contributed by atoms with Crippen molar-refractivity contribution in [1.82, 2.24) is 5.32 Å². The predicted molar refractivity (Wildman–Crippen MR) is 79.5 cm³/mol. The predicted octanol–water partition coefficient (Wildman–Crippen LogP) is 1.31. The van der Waals surface area contributed by atoms with Gasteiger partial charge >= 0.3 is 11.9 Å². The molecule has 1 aromatic rings. The van der Waals surface area contributed by atoms with Crippen molar-refractivity contribution in [2.75, 3.05) is 6.61 Å². The molecule has 6 heteroatoms. The fraction of sp³-hybridized carbons (Fsp3) is 0.438. The number of esters is 2. The molecule has 2 rings (SSSR count). The van der Waals surface area contributed by atoms with Crippen molar-refractivity contribution < 1.29 is 23.9 Å². The zero-order chi connectivity index (χ0) is 15.8. The summed E-state index contributed by atoms with van der Waals surface area (Å²) in [4.78, 5) is 32.2. The number of hydrogen-bond acceptors (Lipinski definition) is 4. The molecule has 0 unspecified atom stereocenters. The lowest BCUT2D eigenvalue weighted by Gasteiger charge is -2.09. The van der Waals surface area contributed by atoms with Gasteiger partial charge < -0.3 is 19.6 Å². The third kappa shape index (κ3) is 5.20. The molecule has 0 saturated carbocycles. The SMILES string of the molecule is O=C1CC[C@@H](C(=O)OCCCC(=[OH+])OCc2ccccc2)N1. The first-order chi connectivity index (χ1) is 10.6. The molecule has 0 spiro atoms. The Bertz CT molecular complexity index is 529. The van der Waals surface area contributed by atoms with Crippen LogP contribution in [0, 0.1) is 0 Å². The molecule has 22 heavy (non-hydrogen) atoms. The summed E-state index contributed by atoms with van der Waals surface area (Å²) in [5.74, 6) is -0.619. The molecule has 1 amide bonds. The Morgan fingerprint density at radius 2 is 2.05 bits per heavy atom. The summed E-state index contributed by atoms with van der Waals surface area (Å²) < 4.78 is 10.3. The van der Waals surface area contributed by atoms with Gasteiger partial charge in [0.2, 0.25) is 12.5 Å². The molecule has 1 heterocycles. The van der Waals surface area contributed by atoms with Gasteiger partial charge in [-0.15, -0.1) is 0 Å². The minimum absolute atomic E-state index is 0.0749. The van der Waals surface area contributed by atoms with Crippen LogP contribution in [0.25, 0.3) is 0 Å². The van der Waals surface area contributed by atoms with Crippen molar-refractivity contribution in [2.24, 2.45) is 0 Å². The van der Waals surface area contributed by atoms with Crippen molar-refractivity contribution >= 4 is 17.8 Å². The van der Waals surface area contributed by atoms with Crippen LogP contribution in [0.5, 0.6) is 0 Å². The Morgan fingerprint density at radius 1 is 1.27 bits per heavy atom. The minimum atomic E-state index is -0.528. The molecule has 118 valence electrons. The van der Waals surface area contributed by atoms with Gasteiger partial charge in [-0.25, -0.2) is 4.79 Å². The highest BCUT2D eigenvalue weighted by atomic mass is 16.5. The monoisotopic (exact) mass is 306 g/mol. The van der Waals surface area contributed by atoms with E-state index >= 15 is 0 Å². The Balaban J connectivity index is 1.55. The van der Waals surface area contributed by atoms with Crippen LogP contribution >= 0.6 is 0 Å². The van der Waals surface area contributed by atoms with E-state index < -0.39 is 12.0 Å². The topological polar surface area (TPSA) is 86.0 Å². The third-order valence-electron chi connectivity index (χ3n) is 3.31. The molecule has 1 fully saturated rings. The average Bonchev–Trinajstić information content (AvgIpc) is 2.97. The maximum atomic E-state index is 11.6. The first kappa shape index (κ1) is 16.0. The third-order valence-corrected chi connectivity index (χ3v) is 3.31. The maximum Gasteiger partial charge on any atom is 0.483 e. The molecule has 2 N–H and O–H groups in total. The Labute approximate surface area is 128 Å². The fourth-order valence-corrected chi connectivity index (χ4v) is 2.10. The molecule has 1 aromatic carbocycles. The Morgan fingerprint density at radius 3 is 2.73 bits per heavy atom. The summed E-state index contributed by atoms with van der Waals surface area (Å²) in [5, 5.41) is 2.55. The van der Waals surface area contributed by atoms with Crippen LogP contribution in [-0.2, 0) is 25.7 Å². The zero-order valence-corrected chi connectivity index (χ0v) is 12.3. The van der Waals surface area contributed by atoms with Crippen LogP contribution in [0.15, 0.2) is 30.3 Å². The van der Waals surface area contributed by atoms with Gasteiger partial charge in [0, 0.05) is 12.0 Å². The Hall–Kier alpha value is -2.37. The molecule has 1 saturated heterocycles. The normalized spacial score (nSPS) is 16.9. The summed E-state index contributed by atoms with van der Waals surface area (Å²) in [5.41, 5.74) is 0.970. The molecule has 1 atom stereocenters. The van der Waals surface area contributed by atoms with Gasteiger partial charge in [0.15, 0.2) is 0 Å². The smallest absolute Gasteiger partial charge is 0.464 e. The summed E-state index contributed by atoms with van der Waals surface area (Å²) in [6.45, 7) is 0.491. The second-order valence-electron chi connectivity index (χ2n) is 5.10. The highest BCUT2D eigenvalue weighted by molar-refractivity contribution is 5.88. The first-order valence-electron chi connectivity index (χ1n) is 7.32. The number of rotatable bonds is 7. The molecular weight excluding hydrogens is 286 g/mol. The van der Waals surface area contributed by atoms with Crippen molar-refractivity contribution in [2.45, 2.75) is 38.3 Å². The average molecular weight is 306 g/mol. The van der Waals surface area contributed by atoms with Crippen molar-refractivity contribution in [3.8, 4) is 0 Å². The molecule has 0 radical (unpaired) electrons. The van der Waals surface area contributed by atoms with Gasteiger partial charge in [-0.1, -0.05) is 30.3 Å². The second kappa shape index (κ2) is 8.17. The van der Waals surface area contributed by atoms with E-state index in [1.165, 1.54) is 0 Å². The number of amides is 1. The van der Waals surface area contributed by atoms with Crippen molar-refractivity contribution in [3.63, 3.8) is 0 Å². The second-order valence-corrected chi connectivity index (χ2v) is 5.10. The molecule has 0 aromatic heterocycles. The van der Waals surface area contributed by atoms with Gasteiger partial charge in [-0.05, 0) is 12.8 Å². The quantitative estimate of drug-likeness (QED) is 0.467. The van der Waals surface area contributed by atoms with Gasteiger partial charge in [0.25, 0.3) is 0 Å². The van der Waals surface area contributed by atoms with Crippen LogP contribution in [0.3, 0.4) is 0 Å². The van der Waals surface area contributed by atoms with E-state index in [4.69, 9.17) is 9.47 Å². The number of hydrogen-bond donors (Lipinski definition) is 1. The van der Waals surface area contributed by atoms with E-state index in [1.54, 1.807) is 0 Å². The minimum Gasteiger partial charge on any atom is -0.464 e. The highest BCUT2D eigenvalue weighted by Gasteiger charge is 2.28. The molecule has 1 aliphatic rings. The van der Waals surface area contributed by atoms with E-state index in [0.717, 1.165) is 5.56 Å². The first-order valence-corrected chi connectivity index (χ1v) is 7.32. The van der Waals surface area contributed by atoms with Crippen LogP contribution in [0.1, 0.15) is 31.2 Å². The van der Waals surface area contributed by atoms with Crippen LogP contribution < -0.4 is 5.32 Å². The number of nitrogens with one attached hydrogen (secondary N) is 1. The molecule has 6 nitrogen and oxygen atoms in total. The van der Waals surface area contributed by atoms with E-state index in [2.05, 4.69) is 5.32 Å². The summed E-state index contributed by atoms with van der Waals surface area (Å²) >= 11 is 0. The number of carbonyl (C=O) groups excluding carboxylic acids is 3. The summed E-state index contributed by atoms with van der Waals surface area (Å²) in [6, 6.07) is 9.00. The Kier molecular flexibility index (Phi) is 5.94. The molecular formula is C16H20NO5+. The van der Waals surface area contributed by atoms with E-state index in [9.17, 15) is 14.4 Å². The van der Waals surface area contributed by atoms with Gasteiger partial charge in [-0.3, -0.25) is 4.79 Å². The van der Waals surface area contributed by atoms with Crippen LogP contribution in [0.2, 0.25) is 0 Å². The van der Waals surface area contributed by atoms with Gasteiger partial charge in [0.05, 0.1) is 6.61 Å². The largest absolute Gasteiger partial charge is 0.483 e. The summed E-state index contributed by atoms with van der Waals surface area (Å²) in [7, 11) is 0. The van der Waals surface area contributed by atoms with Crippen molar-refractivity contribution in [1.29, 1.82) is 0 Å². The maximum absolute atomic E-state index is 11.6. The van der Waals surface area contributed by atoms with E-state index in [-0.39, 0.29) is 18.5 Å². The highest BCUT2D eigenvalue weighted by Crippen LogP contribution is 2.08. The molecule has 0 bridgehead atoms.